The van der Waals surface area contributed by atoms with Gasteiger partial charge in [0, 0.05) is 23.0 Å². The number of nitrogens with zero attached hydrogens (tertiary/aromatic N) is 1. The summed E-state index contributed by atoms with van der Waals surface area (Å²) in [6.07, 6.45) is 1.90. The highest BCUT2D eigenvalue weighted by atomic mass is 16.5. The molecule has 0 amide bonds. The molecule has 31 heavy (non-hydrogen) atoms. The first-order valence-corrected chi connectivity index (χ1v) is 10.2. The lowest BCUT2D eigenvalue weighted by molar-refractivity contribution is 0.0697. The zero-order chi connectivity index (χ0) is 21.4. The third kappa shape index (κ3) is 3.62. The summed E-state index contributed by atoms with van der Waals surface area (Å²) < 4.78 is 6.03. The van der Waals surface area contributed by atoms with Crippen molar-refractivity contribution in [2.75, 3.05) is 18.0 Å². The number of fused-ring (bicyclic) bond motifs is 1. The van der Waals surface area contributed by atoms with Gasteiger partial charge in [-0.15, -0.1) is 0 Å². The summed E-state index contributed by atoms with van der Waals surface area (Å²) in [7, 11) is 0. The minimum atomic E-state index is -0.944. The smallest absolute Gasteiger partial charge is 0.336 e. The van der Waals surface area contributed by atoms with E-state index in [4.69, 9.17) is 9.84 Å². The van der Waals surface area contributed by atoms with Gasteiger partial charge in [0.2, 0.25) is 0 Å². The number of nitrogens with one attached hydrogen (secondary N) is 1. The van der Waals surface area contributed by atoms with Crippen LogP contribution in [0.15, 0.2) is 72.9 Å². The van der Waals surface area contributed by atoms with E-state index in [2.05, 4.69) is 9.88 Å². The maximum Gasteiger partial charge on any atom is 0.336 e. The number of carboxylic acid groups (broad SMARTS) is 1. The number of aromatic carboxylic acids is 1. The molecule has 6 heteroatoms. The Morgan fingerprint density at radius 2 is 1.87 bits per heavy atom. The van der Waals surface area contributed by atoms with Gasteiger partial charge >= 0.3 is 5.97 Å². The molecule has 6 nitrogen and oxygen atoms in total. The number of anilines is 1. The predicted molar refractivity (Wildman–Crippen MR) is 120 cm³/mol. The van der Waals surface area contributed by atoms with Crippen LogP contribution in [0.3, 0.4) is 0 Å². The Labute approximate surface area is 179 Å². The highest BCUT2D eigenvalue weighted by molar-refractivity contribution is 6.01. The largest absolute Gasteiger partial charge is 0.487 e. The topological polar surface area (TPSA) is 85.8 Å². The first-order chi connectivity index (χ1) is 15.1. The molecule has 0 spiro atoms. The van der Waals surface area contributed by atoms with Crippen molar-refractivity contribution in [2.24, 2.45) is 0 Å². The van der Waals surface area contributed by atoms with Gasteiger partial charge in [0.25, 0.3) is 0 Å². The van der Waals surface area contributed by atoms with Crippen LogP contribution < -0.4 is 9.64 Å². The van der Waals surface area contributed by atoms with Crippen molar-refractivity contribution < 1.29 is 19.7 Å². The van der Waals surface area contributed by atoms with Gasteiger partial charge in [0.05, 0.1) is 25.3 Å². The summed E-state index contributed by atoms with van der Waals surface area (Å²) in [6, 6.07) is 20.8. The Kier molecular flexibility index (Phi) is 4.84. The molecule has 1 aromatic heterocycles. The van der Waals surface area contributed by atoms with Crippen molar-refractivity contribution in [1.82, 2.24) is 4.98 Å². The second-order valence-corrected chi connectivity index (χ2v) is 7.73. The van der Waals surface area contributed by atoms with Crippen molar-refractivity contribution in [1.29, 1.82) is 0 Å². The van der Waals surface area contributed by atoms with Crippen molar-refractivity contribution >= 4 is 22.6 Å². The summed E-state index contributed by atoms with van der Waals surface area (Å²) in [4.78, 5) is 17.3. The molecule has 156 valence electrons. The van der Waals surface area contributed by atoms with Gasteiger partial charge in [-0.3, -0.25) is 0 Å². The fraction of sp³-hybridized carbons (Fsp3) is 0.160. The molecule has 3 aromatic carbocycles. The lowest BCUT2D eigenvalue weighted by Gasteiger charge is -2.41. The summed E-state index contributed by atoms with van der Waals surface area (Å²) in [5.74, 6) is -0.181. The normalized spacial score (nSPS) is 13.9. The van der Waals surface area contributed by atoms with Crippen LogP contribution in [-0.2, 0) is 6.61 Å². The number of benzene rings is 3. The summed E-state index contributed by atoms with van der Waals surface area (Å²) in [5.41, 5.74) is 4.58. The molecule has 0 unspecified atom stereocenters. The van der Waals surface area contributed by atoms with Crippen LogP contribution in [0.1, 0.15) is 15.9 Å². The van der Waals surface area contributed by atoms with E-state index < -0.39 is 5.97 Å². The molecule has 1 saturated heterocycles. The molecule has 1 aliphatic rings. The summed E-state index contributed by atoms with van der Waals surface area (Å²) in [6.45, 7) is 1.35. The number of H-pyrrole nitrogens is 1. The Morgan fingerprint density at radius 1 is 1.06 bits per heavy atom. The second kappa shape index (κ2) is 7.81. The van der Waals surface area contributed by atoms with E-state index in [9.17, 15) is 9.90 Å². The van der Waals surface area contributed by atoms with E-state index in [-0.39, 0.29) is 18.3 Å². The Bertz CT molecular complexity index is 1240. The van der Waals surface area contributed by atoms with E-state index in [0.29, 0.717) is 13.1 Å². The minimum absolute atomic E-state index is 0.00839. The molecule has 3 N–H and O–H groups in total. The van der Waals surface area contributed by atoms with E-state index in [0.717, 1.165) is 39.0 Å². The van der Waals surface area contributed by atoms with Gasteiger partial charge in [0.15, 0.2) is 0 Å². The van der Waals surface area contributed by atoms with E-state index in [1.54, 1.807) is 12.1 Å². The van der Waals surface area contributed by atoms with Crippen molar-refractivity contribution in [3.05, 3.63) is 84.1 Å². The number of ether oxygens (including phenoxy) is 1. The number of rotatable bonds is 6. The number of aliphatic hydroxyl groups is 1. The first-order valence-electron chi connectivity index (χ1n) is 10.2. The fourth-order valence-electron chi connectivity index (χ4n) is 4.06. The average Bonchev–Trinajstić information content (AvgIpc) is 3.23. The Hall–Kier alpha value is -3.77. The van der Waals surface area contributed by atoms with Crippen molar-refractivity contribution in [3.63, 3.8) is 0 Å². The lowest BCUT2D eigenvalue weighted by Crippen LogP contribution is -2.54. The number of aliphatic hydroxyl groups excluding tert-OH is 1. The highest BCUT2D eigenvalue weighted by Crippen LogP contribution is 2.38. The van der Waals surface area contributed by atoms with E-state index in [1.807, 2.05) is 60.8 Å². The summed E-state index contributed by atoms with van der Waals surface area (Å²) in [5, 5.41) is 20.1. The molecular weight excluding hydrogens is 392 g/mol. The molecule has 1 fully saturated rings. The van der Waals surface area contributed by atoms with Gasteiger partial charge in [-0.2, -0.15) is 0 Å². The SMILES string of the molecule is O=C(O)c1cccc(N2CC(Oc3ccc(CO)cc3)C2)c1-c1ccc2cc[nH]c2c1. The number of aromatic amines is 1. The zero-order valence-corrected chi connectivity index (χ0v) is 16.8. The lowest BCUT2D eigenvalue weighted by atomic mass is 9.94. The molecule has 2 heterocycles. The van der Waals surface area contributed by atoms with Crippen molar-refractivity contribution in [2.45, 2.75) is 12.7 Å². The summed E-state index contributed by atoms with van der Waals surface area (Å²) >= 11 is 0. The molecule has 0 radical (unpaired) electrons. The van der Waals surface area contributed by atoms with Crippen LogP contribution in [0.25, 0.3) is 22.0 Å². The quantitative estimate of drug-likeness (QED) is 0.438. The van der Waals surface area contributed by atoms with E-state index in [1.165, 1.54) is 0 Å². The minimum Gasteiger partial charge on any atom is -0.487 e. The molecule has 0 saturated carbocycles. The van der Waals surface area contributed by atoms with Crippen LogP contribution >= 0.6 is 0 Å². The van der Waals surface area contributed by atoms with E-state index >= 15 is 0 Å². The van der Waals surface area contributed by atoms with Crippen LogP contribution in [0.4, 0.5) is 5.69 Å². The molecule has 5 rings (SSSR count). The van der Waals surface area contributed by atoms with Crippen LogP contribution in [-0.4, -0.2) is 40.4 Å². The van der Waals surface area contributed by atoms with Crippen LogP contribution in [0.5, 0.6) is 5.75 Å². The molecular formula is C25H22N2O4. The number of carboxylic acids is 1. The standard InChI is InChI=1S/C25H22N2O4/c28-15-16-4-8-19(9-5-16)31-20-13-27(14-20)23-3-1-2-21(25(29)30)24(23)18-7-6-17-10-11-26-22(17)12-18/h1-12,20,26,28H,13-15H2,(H,29,30). The fourth-order valence-corrected chi connectivity index (χ4v) is 4.06. The van der Waals surface area contributed by atoms with Gasteiger partial charge < -0.3 is 24.8 Å². The highest BCUT2D eigenvalue weighted by Gasteiger charge is 2.31. The monoisotopic (exact) mass is 414 g/mol. The number of carbonyl (C=O) groups is 1. The van der Waals surface area contributed by atoms with Crippen LogP contribution in [0.2, 0.25) is 0 Å². The zero-order valence-electron chi connectivity index (χ0n) is 16.8. The molecule has 1 aliphatic heterocycles. The van der Waals surface area contributed by atoms with Crippen LogP contribution in [0, 0.1) is 0 Å². The third-order valence-corrected chi connectivity index (χ3v) is 5.71. The molecule has 4 aromatic rings. The third-order valence-electron chi connectivity index (χ3n) is 5.71. The van der Waals surface area contributed by atoms with Gasteiger partial charge in [-0.05, 0) is 52.9 Å². The number of hydrogen-bond donors (Lipinski definition) is 3. The van der Waals surface area contributed by atoms with Crippen molar-refractivity contribution in [3.8, 4) is 16.9 Å². The number of hydrogen-bond acceptors (Lipinski definition) is 4. The first kappa shape index (κ1) is 19.2. The van der Waals surface area contributed by atoms with Gasteiger partial charge in [-0.1, -0.05) is 30.3 Å². The predicted octanol–water partition coefficient (Wildman–Crippen LogP) is 4.29. The Morgan fingerprint density at radius 3 is 2.61 bits per heavy atom. The molecule has 0 atom stereocenters. The molecule has 0 aliphatic carbocycles. The van der Waals surface area contributed by atoms with Gasteiger partial charge in [-0.25, -0.2) is 4.79 Å². The maximum absolute atomic E-state index is 12.0. The van der Waals surface area contributed by atoms with Gasteiger partial charge in [0.1, 0.15) is 11.9 Å². The maximum atomic E-state index is 12.0. The number of aromatic nitrogens is 1. The molecule has 0 bridgehead atoms. The Balaban J connectivity index is 1.42. The second-order valence-electron chi connectivity index (χ2n) is 7.73. The average molecular weight is 414 g/mol.